The van der Waals surface area contributed by atoms with E-state index in [4.69, 9.17) is 0 Å². The number of aryl methyl sites for hydroxylation is 1. The minimum absolute atomic E-state index is 1.04. The highest BCUT2D eigenvalue weighted by Crippen LogP contribution is 2.34. The number of hydrogen-bond acceptors (Lipinski definition) is 0. The predicted octanol–water partition coefficient (Wildman–Crippen LogP) is 6.23. The first kappa shape index (κ1) is 14.7. The summed E-state index contributed by atoms with van der Waals surface area (Å²) in [6.07, 6.45) is 8.97. The van der Waals surface area contributed by atoms with Gasteiger partial charge >= 0.3 is 0 Å². The molecule has 0 spiro atoms. The fourth-order valence-electron chi connectivity index (χ4n) is 3.35. The largest absolute Gasteiger partial charge is 0.0757 e. The minimum Gasteiger partial charge on any atom is -0.0757 e. The van der Waals surface area contributed by atoms with Crippen LogP contribution in [0.15, 0.2) is 84.9 Å². The first-order chi connectivity index (χ1) is 11.9. The Hall–Kier alpha value is -2.86. The van der Waals surface area contributed by atoms with Crippen molar-refractivity contribution in [3.05, 3.63) is 113 Å². The summed E-state index contributed by atoms with van der Waals surface area (Å²) in [4.78, 5) is 0. The van der Waals surface area contributed by atoms with Gasteiger partial charge in [-0.25, -0.2) is 0 Å². The van der Waals surface area contributed by atoms with Crippen LogP contribution < -0.4 is 0 Å². The molecule has 0 saturated heterocycles. The summed E-state index contributed by atoms with van der Waals surface area (Å²) in [5.74, 6) is 0. The number of hydrogen-bond donors (Lipinski definition) is 0. The lowest BCUT2D eigenvalue weighted by Crippen LogP contribution is -1.93. The molecule has 116 valence electrons. The molecule has 0 amide bonds. The van der Waals surface area contributed by atoms with Gasteiger partial charge in [-0.3, -0.25) is 0 Å². The molecule has 0 unspecified atom stereocenters. The van der Waals surface area contributed by atoms with Gasteiger partial charge in [-0.05, 0) is 46.2 Å². The van der Waals surface area contributed by atoms with E-state index in [9.17, 15) is 0 Å². The summed E-state index contributed by atoms with van der Waals surface area (Å²) in [5, 5.41) is 0. The third-order valence-corrected chi connectivity index (χ3v) is 4.57. The molecule has 0 heteroatoms. The first-order valence-corrected chi connectivity index (χ1v) is 8.53. The zero-order valence-corrected chi connectivity index (χ0v) is 13.7. The molecule has 24 heavy (non-hydrogen) atoms. The van der Waals surface area contributed by atoms with Crippen molar-refractivity contribution in [3.63, 3.8) is 0 Å². The Bertz CT molecular complexity index is 847. The van der Waals surface area contributed by atoms with Crippen LogP contribution in [-0.4, -0.2) is 0 Å². The topological polar surface area (TPSA) is 0 Å². The van der Waals surface area contributed by atoms with E-state index in [0.29, 0.717) is 0 Å². The molecule has 0 atom stereocenters. The lowest BCUT2D eigenvalue weighted by Gasteiger charge is -2.12. The van der Waals surface area contributed by atoms with E-state index in [-0.39, 0.29) is 0 Å². The Morgan fingerprint density at radius 2 is 1.12 bits per heavy atom. The van der Waals surface area contributed by atoms with E-state index in [0.717, 1.165) is 12.8 Å². The van der Waals surface area contributed by atoms with Crippen molar-refractivity contribution in [1.82, 2.24) is 0 Å². The number of rotatable bonds is 3. The average molecular weight is 308 g/mol. The van der Waals surface area contributed by atoms with Crippen LogP contribution in [0.1, 0.15) is 34.2 Å². The molecule has 4 rings (SSSR count). The fourth-order valence-corrected chi connectivity index (χ4v) is 3.35. The molecule has 0 heterocycles. The van der Waals surface area contributed by atoms with Gasteiger partial charge in [-0.1, -0.05) is 97.1 Å². The molecular weight excluding hydrogens is 288 g/mol. The predicted molar refractivity (Wildman–Crippen MR) is 104 cm³/mol. The number of benzene rings is 3. The highest BCUT2D eigenvalue weighted by Gasteiger charge is 2.13. The van der Waals surface area contributed by atoms with E-state index in [1.54, 1.807) is 0 Å². The molecule has 0 saturated carbocycles. The number of allylic oxidation sites excluding steroid dienone is 1. The number of fused-ring (bicyclic) bond motifs is 2. The van der Waals surface area contributed by atoms with Gasteiger partial charge in [0.15, 0.2) is 0 Å². The summed E-state index contributed by atoms with van der Waals surface area (Å²) < 4.78 is 0. The van der Waals surface area contributed by atoms with Crippen molar-refractivity contribution in [3.8, 4) is 0 Å². The fraction of sp³-hybridized carbons (Fsp3) is 0.0833. The SMILES string of the molecule is C1=Cc2ccccc2C(=CCCc2ccccc2)c2ccccc21. The monoisotopic (exact) mass is 308 g/mol. The van der Waals surface area contributed by atoms with Crippen LogP contribution in [0.4, 0.5) is 0 Å². The first-order valence-electron chi connectivity index (χ1n) is 8.53. The van der Waals surface area contributed by atoms with Crippen LogP contribution in [0.2, 0.25) is 0 Å². The Labute approximate surface area is 143 Å². The van der Waals surface area contributed by atoms with E-state index >= 15 is 0 Å². The van der Waals surface area contributed by atoms with Crippen molar-refractivity contribution in [1.29, 1.82) is 0 Å². The van der Waals surface area contributed by atoms with Gasteiger partial charge in [0, 0.05) is 0 Å². The Kier molecular flexibility index (Phi) is 4.12. The Morgan fingerprint density at radius 1 is 0.583 bits per heavy atom. The van der Waals surface area contributed by atoms with Gasteiger partial charge in [0.05, 0.1) is 0 Å². The van der Waals surface area contributed by atoms with Crippen molar-refractivity contribution < 1.29 is 0 Å². The molecule has 0 aromatic heterocycles. The smallest absolute Gasteiger partial charge is 0.0108 e. The van der Waals surface area contributed by atoms with Gasteiger partial charge in [0.1, 0.15) is 0 Å². The van der Waals surface area contributed by atoms with Gasteiger partial charge in [-0.15, -0.1) is 0 Å². The molecule has 0 nitrogen and oxygen atoms in total. The third-order valence-electron chi connectivity index (χ3n) is 4.57. The normalized spacial score (nSPS) is 12.2. The van der Waals surface area contributed by atoms with Crippen molar-refractivity contribution >= 4 is 17.7 Å². The van der Waals surface area contributed by atoms with Gasteiger partial charge in [0.25, 0.3) is 0 Å². The lowest BCUT2D eigenvalue weighted by atomic mass is 9.92. The molecule has 0 aliphatic heterocycles. The van der Waals surface area contributed by atoms with Crippen molar-refractivity contribution in [2.24, 2.45) is 0 Å². The molecule has 3 aromatic rings. The van der Waals surface area contributed by atoms with Gasteiger partial charge in [0.2, 0.25) is 0 Å². The quantitative estimate of drug-likeness (QED) is 0.420. The molecular formula is C24H20. The van der Waals surface area contributed by atoms with Gasteiger partial charge < -0.3 is 0 Å². The molecule has 0 fully saturated rings. The zero-order chi connectivity index (χ0) is 16.2. The second-order valence-electron chi connectivity index (χ2n) is 6.15. The molecule has 1 aliphatic rings. The summed E-state index contributed by atoms with van der Waals surface area (Å²) >= 11 is 0. The Morgan fingerprint density at radius 3 is 1.75 bits per heavy atom. The van der Waals surface area contributed by atoms with Crippen LogP contribution in [0.5, 0.6) is 0 Å². The van der Waals surface area contributed by atoms with Crippen molar-refractivity contribution in [2.75, 3.05) is 0 Å². The molecule has 3 aromatic carbocycles. The summed E-state index contributed by atoms with van der Waals surface area (Å²) in [7, 11) is 0. The minimum atomic E-state index is 1.04. The maximum absolute atomic E-state index is 2.40. The van der Waals surface area contributed by atoms with Crippen LogP contribution in [0, 0.1) is 0 Å². The van der Waals surface area contributed by atoms with E-state index in [1.807, 2.05) is 0 Å². The van der Waals surface area contributed by atoms with Crippen molar-refractivity contribution in [2.45, 2.75) is 12.8 Å². The second-order valence-corrected chi connectivity index (χ2v) is 6.15. The van der Waals surface area contributed by atoms with E-state index < -0.39 is 0 Å². The maximum atomic E-state index is 2.40. The highest BCUT2D eigenvalue weighted by molar-refractivity contribution is 5.93. The lowest BCUT2D eigenvalue weighted by molar-refractivity contribution is 1.00. The van der Waals surface area contributed by atoms with Crippen LogP contribution in [0.25, 0.3) is 17.7 Å². The van der Waals surface area contributed by atoms with Gasteiger partial charge in [-0.2, -0.15) is 0 Å². The average Bonchev–Trinajstić information content (AvgIpc) is 2.80. The second kappa shape index (κ2) is 6.72. The standard InChI is InChI=1S/C24H20/c1-2-9-19(10-3-1)11-8-16-24-22-14-6-4-12-20(22)17-18-21-13-5-7-15-23(21)24/h1-7,9-10,12-18H,8,11H2. The molecule has 0 radical (unpaired) electrons. The van der Waals surface area contributed by atoms with E-state index in [1.165, 1.54) is 33.4 Å². The van der Waals surface area contributed by atoms with Crippen LogP contribution in [-0.2, 0) is 6.42 Å². The zero-order valence-electron chi connectivity index (χ0n) is 13.7. The van der Waals surface area contributed by atoms with E-state index in [2.05, 4.69) is 97.1 Å². The Balaban J connectivity index is 1.73. The summed E-state index contributed by atoms with van der Waals surface area (Å²) in [6, 6.07) is 28.1. The summed E-state index contributed by atoms with van der Waals surface area (Å²) in [6.45, 7) is 0. The molecule has 1 aliphatic carbocycles. The maximum Gasteiger partial charge on any atom is -0.0108 e. The summed E-state index contributed by atoms with van der Waals surface area (Å²) in [5.41, 5.74) is 7.97. The highest BCUT2D eigenvalue weighted by atomic mass is 14.2. The third kappa shape index (κ3) is 2.96. The van der Waals surface area contributed by atoms with Crippen LogP contribution in [0.3, 0.4) is 0 Å². The molecule has 0 N–H and O–H groups in total. The molecule has 0 bridgehead atoms. The van der Waals surface area contributed by atoms with Crippen LogP contribution >= 0.6 is 0 Å².